The minimum absolute atomic E-state index is 0.0923. The molecule has 24 nitrogen and oxygen atoms in total. The number of carbonyl (C=O) groups is 9. The summed E-state index contributed by atoms with van der Waals surface area (Å²) in [6.45, 7) is 10.7. The van der Waals surface area contributed by atoms with Gasteiger partial charge in [-0.2, -0.15) is 0 Å². The van der Waals surface area contributed by atoms with Crippen molar-refractivity contribution >= 4 is 70.9 Å². The quantitative estimate of drug-likeness (QED) is 0.0402. The van der Waals surface area contributed by atoms with E-state index >= 15 is 0 Å². The van der Waals surface area contributed by atoms with Crippen molar-refractivity contribution in [3.05, 3.63) is 58.7 Å². The van der Waals surface area contributed by atoms with Gasteiger partial charge in [0.2, 0.25) is 17.7 Å². The molecule has 436 valence electrons. The van der Waals surface area contributed by atoms with Crippen LogP contribution in [-0.4, -0.2) is 170 Å². The first-order valence-corrected chi connectivity index (χ1v) is 26.9. The lowest BCUT2D eigenvalue weighted by Gasteiger charge is -2.42. The Kier molecular flexibility index (Phi) is 22.3. The van der Waals surface area contributed by atoms with Crippen LogP contribution in [0.4, 0.5) is 20.1 Å². The van der Waals surface area contributed by atoms with E-state index in [0.717, 1.165) is 16.0 Å². The number of allylic oxidation sites excluding steroid dienone is 3. The number of ether oxygens (including phenoxy) is 5. The van der Waals surface area contributed by atoms with Gasteiger partial charge in [-0.1, -0.05) is 69.0 Å². The first-order chi connectivity index (χ1) is 37.2. The highest BCUT2D eigenvalue weighted by molar-refractivity contribution is 6.35. The highest BCUT2D eigenvalue weighted by Gasteiger charge is 2.64. The predicted molar refractivity (Wildman–Crippen MR) is 289 cm³/mol. The standard InChI is InChI=1S/C54H78ClN9O15/c1-30(2)45(48(69)59-35(18-16-23-58-50(56)71)47(68)57-22-13-11-12-14-24-64-41(65)20-21-42(64)66)60-51(72)62(7)33(5)49(70)78-40-28-43(67)63(8)36-26-34(27-37(75-9)44(36)55)25-31(3)17-15-19-39(76-10)54(74)29-38(77-52(73)61-54)32(4)46-53(40,6)79-46/h15,17,19-21,26-27,30,32-33,35,38-40,45-46,74H,11-14,16,18,22-25,28-29H2,1-10H3,(H,57,68)(H,59,69)(H,60,72)(H,61,73)(H3,56,58,71)/b19-15+,31-17+/t32?,33-,35-,38?,39?,40?,45-,46?,53?,54?/m0/s1. The summed E-state index contributed by atoms with van der Waals surface area (Å²) in [5, 5.41) is 25.2. The number of amides is 10. The molecule has 4 heterocycles. The monoisotopic (exact) mass is 1130 g/mol. The number of fused-ring (bicyclic) bond motifs is 5. The third-order valence-corrected chi connectivity index (χ3v) is 15.2. The SMILES string of the molecule is COc1cc2cc(c1Cl)N(C)C(=O)CC(OC(=O)[C@H](C)N(C)C(=O)N[C@H](C(=O)N[C@@H](CCCNC(N)=O)C(=O)NCCCCCCN1C(=O)C=CC1=O)C(C)C)C1(C)OC1C(C)C1CC(O)(NC(=O)O1)C(OC)/C=C/C=C(\C)C2. The smallest absolute Gasteiger partial charge is 0.409 e. The van der Waals surface area contributed by atoms with Gasteiger partial charge in [-0.3, -0.25) is 34.2 Å². The molecule has 0 radical (unpaired) electrons. The minimum Gasteiger partial charge on any atom is -0.495 e. The lowest BCUT2D eigenvalue weighted by molar-refractivity contribution is -0.158. The molecule has 8 N–H and O–H groups in total. The number of urea groups is 2. The number of unbranched alkanes of at least 4 members (excludes halogenated alkanes) is 3. The number of nitrogens with zero attached hydrogens (tertiary/aromatic N) is 3. The summed E-state index contributed by atoms with van der Waals surface area (Å²) in [7, 11) is 5.68. The van der Waals surface area contributed by atoms with E-state index in [1.807, 2.05) is 13.0 Å². The van der Waals surface area contributed by atoms with Crippen LogP contribution in [0.3, 0.4) is 0 Å². The molecule has 1 aromatic rings. The maximum absolute atomic E-state index is 14.5. The summed E-state index contributed by atoms with van der Waals surface area (Å²) in [6.07, 6.45) is 5.29. The molecule has 7 unspecified atom stereocenters. The van der Waals surface area contributed by atoms with Crippen LogP contribution >= 0.6 is 11.6 Å². The summed E-state index contributed by atoms with van der Waals surface area (Å²) in [4.78, 5) is 122. The molecule has 4 aliphatic heterocycles. The number of imide groups is 1. The topological polar surface area (TPSA) is 319 Å². The van der Waals surface area contributed by atoms with E-state index < -0.39 is 114 Å². The van der Waals surface area contributed by atoms with E-state index in [-0.39, 0.29) is 55.7 Å². The number of benzene rings is 1. The molecular weight excluding hydrogens is 1050 g/mol. The van der Waals surface area contributed by atoms with Crippen molar-refractivity contribution in [3.63, 3.8) is 0 Å². The average Bonchev–Trinajstić information content (AvgIpc) is 4.15. The third kappa shape index (κ3) is 16.4. The largest absolute Gasteiger partial charge is 0.495 e. The van der Waals surface area contributed by atoms with E-state index in [4.69, 9.17) is 41.0 Å². The van der Waals surface area contributed by atoms with E-state index in [2.05, 4.69) is 26.6 Å². The zero-order chi connectivity index (χ0) is 58.5. The van der Waals surface area contributed by atoms with Crippen LogP contribution in [0.2, 0.25) is 5.02 Å². The van der Waals surface area contributed by atoms with Crippen LogP contribution in [0.25, 0.3) is 0 Å². The fourth-order valence-electron chi connectivity index (χ4n) is 9.73. The van der Waals surface area contributed by atoms with Crippen LogP contribution in [0.1, 0.15) is 98.5 Å². The van der Waals surface area contributed by atoms with Crippen molar-refractivity contribution in [3.8, 4) is 5.75 Å². The number of likely N-dealkylation sites (N-methyl/N-ethyl adjacent to an activating group) is 1. The molecule has 2 fully saturated rings. The van der Waals surface area contributed by atoms with Crippen molar-refractivity contribution in [2.24, 2.45) is 17.6 Å². The fourth-order valence-corrected chi connectivity index (χ4v) is 10.0. The van der Waals surface area contributed by atoms with Crippen molar-refractivity contribution in [1.29, 1.82) is 0 Å². The van der Waals surface area contributed by atoms with Gasteiger partial charge in [0.15, 0.2) is 5.72 Å². The van der Waals surface area contributed by atoms with Gasteiger partial charge in [0.25, 0.3) is 11.8 Å². The van der Waals surface area contributed by atoms with Gasteiger partial charge >= 0.3 is 24.1 Å². The highest BCUT2D eigenvalue weighted by atomic mass is 35.5. The molecule has 79 heavy (non-hydrogen) atoms. The van der Waals surface area contributed by atoms with Crippen LogP contribution in [-0.2, 0) is 54.1 Å². The van der Waals surface area contributed by atoms with Crippen LogP contribution in [0.5, 0.6) is 5.75 Å². The van der Waals surface area contributed by atoms with E-state index in [9.17, 15) is 48.3 Å². The Morgan fingerprint density at radius 2 is 1.65 bits per heavy atom. The average molecular weight is 1130 g/mol. The van der Waals surface area contributed by atoms with Crippen LogP contribution < -0.4 is 42.0 Å². The van der Waals surface area contributed by atoms with Gasteiger partial charge in [-0.25, -0.2) is 19.2 Å². The number of aliphatic hydroxyl groups is 1. The molecule has 1 aromatic carbocycles. The maximum atomic E-state index is 14.5. The number of alkyl carbamates (subject to hydrolysis) is 1. The van der Waals surface area contributed by atoms with Gasteiger partial charge < -0.3 is 65.6 Å². The lowest BCUT2D eigenvalue weighted by atomic mass is 9.83. The number of methoxy groups -OCH3 is 2. The Morgan fingerprint density at radius 3 is 2.29 bits per heavy atom. The van der Waals surface area contributed by atoms with Gasteiger partial charge in [-0.05, 0) is 76.5 Å². The van der Waals surface area contributed by atoms with Crippen molar-refractivity contribution in [2.75, 3.05) is 52.8 Å². The van der Waals surface area contributed by atoms with Gasteiger partial charge in [0.1, 0.15) is 52.8 Å². The number of esters is 1. The molecule has 25 heteroatoms. The molecule has 4 bridgehead atoms. The summed E-state index contributed by atoms with van der Waals surface area (Å²) in [5.74, 6) is -4.27. The van der Waals surface area contributed by atoms with E-state index in [1.54, 1.807) is 52.0 Å². The number of hydrogen-bond acceptors (Lipinski definition) is 15. The number of hydrogen-bond donors (Lipinski definition) is 7. The zero-order valence-electron chi connectivity index (χ0n) is 46.7. The fraction of sp³-hybridized carbons (Fsp3) is 0.611. The number of epoxide rings is 1. The Labute approximate surface area is 465 Å². The lowest BCUT2D eigenvalue weighted by Crippen LogP contribution is -2.63. The molecule has 0 aromatic heterocycles. The van der Waals surface area contributed by atoms with Gasteiger partial charge in [0, 0.05) is 65.3 Å². The maximum Gasteiger partial charge on any atom is 0.409 e. The third-order valence-electron chi connectivity index (χ3n) is 14.8. The highest BCUT2D eigenvalue weighted by Crippen LogP contribution is 2.49. The molecule has 4 aliphatic rings. The predicted octanol–water partition coefficient (Wildman–Crippen LogP) is 3.26. The summed E-state index contributed by atoms with van der Waals surface area (Å²) in [5.41, 5.74) is 3.84. The normalized spacial score (nSPS) is 26.3. The first-order valence-electron chi connectivity index (χ1n) is 26.5. The summed E-state index contributed by atoms with van der Waals surface area (Å²) in [6, 6.07) is -1.76. The van der Waals surface area contributed by atoms with Crippen molar-refractivity contribution < 1.29 is 71.9 Å². The van der Waals surface area contributed by atoms with Crippen LogP contribution in [0, 0.1) is 11.8 Å². The molecule has 0 aliphatic carbocycles. The van der Waals surface area contributed by atoms with Crippen molar-refractivity contribution in [1.82, 2.24) is 36.4 Å². The number of nitrogens with one attached hydrogen (secondary N) is 5. The molecule has 10 amide bonds. The van der Waals surface area contributed by atoms with E-state index in [0.29, 0.717) is 43.5 Å². The molecular formula is C54H78ClN9O15. The summed E-state index contributed by atoms with van der Waals surface area (Å²) >= 11 is 6.83. The second-order valence-corrected chi connectivity index (χ2v) is 21.4. The number of anilines is 1. The summed E-state index contributed by atoms with van der Waals surface area (Å²) < 4.78 is 29.5. The molecule has 0 spiro atoms. The Morgan fingerprint density at radius 1 is 0.975 bits per heavy atom. The minimum atomic E-state index is -1.92. The second kappa shape index (κ2) is 27.9. The molecule has 0 saturated carbocycles. The van der Waals surface area contributed by atoms with Gasteiger partial charge in [-0.15, -0.1) is 0 Å². The number of carbonyl (C=O) groups excluding carboxylic acids is 9. The van der Waals surface area contributed by atoms with Crippen molar-refractivity contribution in [2.45, 2.75) is 153 Å². The second-order valence-electron chi connectivity index (χ2n) is 21.0. The van der Waals surface area contributed by atoms with E-state index in [1.165, 1.54) is 57.2 Å². The Balaban J connectivity index is 1.31. The zero-order valence-corrected chi connectivity index (χ0v) is 47.4. The molecule has 2 saturated heterocycles. The number of nitrogens with two attached hydrogens (primary N) is 1. The number of rotatable bonds is 21. The van der Waals surface area contributed by atoms with Crippen LogP contribution in [0.15, 0.2) is 48.1 Å². The number of halogens is 1. The Bertz CT molecular complexity index is 2530. The first kappa shape index (κ1) is 63.1. The molecule has 5 rings (SSSR count). The molecule has 10 atom stereocenters. The number of primary amides is 1. The van der Waals surface area contributed by atoms with Gasteiger partial charge in [0.05, 0.1) is 25.3 Å². The Hall–Kier alpha value is -6.76.